The summed E-state index contributed by atoms with van der Waals surface area (Å²) in [5, 5.41) is 14.8. The largest absolute Gasteiger partial charge is 0.573 e. The molecule has 0 heterocycles. The molecule has 5 nitrogen and oxygen atoms in total. The maximum absolute atomic E-state index is 12.1. The number of hydrogen-bond donors (Lipinski definition) is 3. The lowest BCUT2D eigenvalue weighted by molar-refractivity contribution is -0.274. The molecular weight excluding hydrogens is 313 g/mol. The minimum Gasteiger partial charge on any atom is -0.406 e. The highest BCUT2D eigenvalue weighted by Gasteiger charge is 2.39. The molecule has 3 N–H and O–H groups in total. The molecule has 2 unspecified atom stereocenters. The van der Waals surface area contributed by atoms with Crippen molar-refractivity contribution in [1.29, 1.82) is 0 Å². The molecule has 1 saturated carbocycles. The van der Waals surface area contributed by atoms with Crippen LogP contribution in [0.25, 0.3) is 0 Å². The van der Waals surface area contributed by atoms with Crippen LogP contribution < -0.4 is 15.4 Å². The van der Waals surface area contributed by atoms with Gasteiger partial charge in [0, 0.05) is 17.1 Å². The van der Waals surface area contributed by atoms with Gasteiger partial charge in [0.05, 0.1) is 6.61 Å². The molecule has 0 spiro atoms. The van der Waals surface area contributed by atoms with Gasteiger partial charge in [0.15, 0.2) is 0 Å². The van der Waals surface area contributed by atoms with Crippen molar-refractivity contribution >= 4 is 11.7 Å². The highest BCUT2D eigenvalue weighted by molar-refractivity contribution is 5.89. The summed E-state index contributed by atoms with van der Waals surface area (Å²) >= 11 is 0. The van der Waals surface area contributed by atoms with Crippen molar-refractivity contribution in [2.75, 3.05) is 11.9 Å². The number of ether oxygens (including phenoxy) is 1. The topological polar surface area (TPSA) is 70.6 Å². The molecule has 1 aromatic rings. The number of anilines is 1. The van der Waals surface area contributed by atoms with Gasteiger partial charge in [-0.3, -0.25) is 0 Å². The van der Waals surface area contributed by atoms with Crippen molar-refractivity contribution in [3.05, 3.63) is 24.3 Å². The number of benzene rings is 1. The highest BCUT2D eigenvalue weighted by atomic mass is 19.4. The first-order valence-corrected chi connectivity index (χ1v) is 7.26. The lowest BCUT2D eigenvalue weighted by atomic mass is 9.86. The van der Waals surface area contributed by atoms with Crippen LogP contribution in [0.5, 0.6) is 5.75 Å². The molecule has 0 saturated heterocycles. The van der Waals surface area contributed by atoms with Gasteiger partial charge in [0.25, 0.3) is 0 Å². The van der Waals surface area contributed by atoms with E-state index in [9.17, 15) is 23.1 Å². The molecule has 1 aromatic carbocycles. The van der Waals surface area contributed by atoms with E-state index in [1.165, 1.54) is 12.1 Å². The third-order valence-electron chi connectivity index (χ3n) is 4.09. The monoisotopic (exact) mass is 332 g/mol. The Kier molecular flexibility index (Phi) is 5.03. The van der Waals surface area contributed by atoms with E-state index in [-0.39, 0.29) is 23.8 Å². The molecule has 23 heavy (non-hydrogen) atoms. The normalized spacial score (nSPS) is 24.3. The standard InChI is InChI=1S/C15H19F3N2O3/c1-14(9-21)8-2-3-12(14)20-13(22)19-10-4-6-11(7-5-10)23-15(16,17)18/h4-7,12,21H,2-3,8-9H2,1H3,(H2,19,20,22). The van der Waals surface area contributed by atoms with Gasteiger partial charge >= 0.3 is 12.4 Å². The van der Waals surface area contributed by atoms with Crippen LogP contribution >= 0.6 is 0 Å². The van der Waals surface area contributed by atoms with Crippen molar-refractivity contribution in [2.45, 2.75) is 38.6 Å². The predicted molar refractivity (Wildman–Crippen MR) is 78.1 cm³/mol. The van der Waals surface area contributed by atoms with Crippen molar-refractivity contribution in [1.82, 2.24) is 5.32 Å². The van der Waals surface area contributed by atoms with Gasteiger partial charge in [-0.05, 0) is 37.1 Å². The molecule has 1 aliphatic rings. The zero-order valence-corrected chi connectivity index (χ0v) is 12.6. The van der Waals surface area contributed by atoms with E-state index in [0.29, 0.717) is 5.69 Å². The molecule has 0 bridgehead atoms. The second kappa shape index (κ2) is 6.66. The Hall–Kier alpha value is -1.96. The number of alkyl halides is 3. The number of amides is 2. The quantitative estimate of drug-likeness (QED) is 0.792. The van der Waals surface area contributed by atoms with E-state index >= 15 is 0 Å². The lowest BCUT2D eigenvalue weighted by Crippen LogP contribution is -2.46. The number of carbonyl (C=O) groups is 1. The van der Waals surface area contributed by atoms with Gasteiger partial charge in [-0.15, -0.1) is 13.2 Å². The van der Waals surface area contributed by atoms with Crippen molar-refractivity contribution in [2.24, 2.45) is 5.41 Å². The number of nitrogens with one attached hydrogen (secondary N) is 2. The fourth-order valence-electron chi connectivity index (χ4n) is 2.73. The van der Waals surface area contributed by atoms with Gasteiger partial charge in [0.1, 0.15) is 5.75 Å². The van der Waals surface area contributed by atoms with Crippen molar-refractivity contribution in [3.63, 3.8) is 0 Å². The number of halogens is 3. The second-order valence-electron chi connectivity index (χ2n) is 5.93. The van der Waals surface area contributed by atoms with Gasteiger partial charge in [0.2, 0.25) is 0 Å². The first kappa shape index (κ1) is 17.4. The molecule has 2 atom stereocenters. The Morgan fingerprint density at radius 3 is 2.61 bits per heavy atom. The number of aliphatic hydroxyl groups excluding tert-OH is 1. The van der Waals surface area contributed by atoms with Crippen LogP contribution in [0.1, 0.15) is 26.2 Å². The summed E-state index contributed by atoms with van der Waals surface area (Å²) < 4.78 is 39.9. The highest BCUT2D eigenvalue weighted by Crippen LogP contribution is 2.37. The van der Waals surface area contributed by atoms with Crippen LogP contribution in [-0.2, 0) is 0 Å². The summed E-state index contributed by atoms with van der Waals surface area (Å²) in [7, 11) is 0. The Balaban J connectivity index is 1.90. The number of rotatable bonds is 4. The van der Waals surface area contributed by atoms with Crippen LogP contribution in [0.3, 0.4) is 0 Å². The average Bonchev–Trinajstić information content (AvgIpc) is 2.81. The molecule has 128 valence electrons. The summed E-state index contributed by atoms with van der Waals surface area (Å²) in [4.78, 5) is 12.0. The van der Waals surface area contributed by atoms with Gasteiger partial charge in [-0.2, -0.15) is 0 Å². The Morgan fingerprint density at radius 2 is 2.04 bits per heavy atom. The maximum atomic E-state index is 12.1. The Labute approximate surface area is 131 Å². The number of urea groups is 1. The van der Waals surface area contributed by atoms with E-state index < -0.39 is 12.4 Å². The summed E-state index contributed by atoms with van der Waals surface area (Å²) in [6.45, 7) is 1.90. The number of hydrogen-bond acceptors (Lipinski definition) is 3. The zero-order valence-electron chi connectivity index (χ0n) is 12.6. The van der Waals surface area contributed by atoms with Crippen LogP contribution in [0, 0.1) is 5.41 Å². The van der Waals surface area contributed by atoms with Crippen LogP contribution in [0.4, 0.5) is 23.7 Å². The summed E-state index contributed by atoms with van der Waals surface area (Å²) in [5.74, 6) is -0.355. The molecule has 0 aromatic heterocycles. The van der Waals surface area contributed by atoms with Gasteiger partial charge in [-0.1, -0.05) is 13.3 Å². The van der Waals surface area contributed by atoms with E-state index in [2.05, 4.69) is 15.4 Å². The molecule has 2 amide bonds. The first-order chi connectivity index (χ1) is 10.7. The Morgan fingerprint density at radius 1 is 1.39 bits per heavy atom. The first-order valence-electron chi connectivity index (χ1n) is 7.26. The molecule has 1 aliphatic carbocycles. The molecule has 8 heteroatoms. The molecule has 0 radical (unpaired) electrons. The minimum atomic E-state index is -4.75. The maximum Gasteiger partial charge on any atom is 0.573 e. The molecule has 2 rings (SSSR count). The molecule has 1 fully saturated rings. The summed E-state index contributed by atoms with van der Waals surface area (Å²) in [5.41, 5.74) is 0.00240. The summed E-state index contributed by atoms with van der Waals surface area (Å²) in [6, 6.07) is 4.29. The van der Waals surface area contributed by atoms with Crippen LogP contribution in [0.15, 0.2) is 24.3 Å². The van der Waals surface area contributed by atoms with Gasteiger partial charge < -0.3 is 20.5 Å². The number of carbonyl (C=O) groups excluding carboxylic acids is 1. The van der Waals surface area contributed by atoms with E-state index in [4.69, 9.17) is 0 Å². The lowest BCUT2D eigenvalue weighted by Gasteiger charge is -2.30. The number of aliphatic hydroxyl groups is 1. The van der Waals surface area contributed by atoms with Gasteiger partial charge in [-0.25, -0.2) is 4.79 Å². The second-order valence-corrected chi connectivity index (χ2v) is 5.93. The van der Waals surface area contributed by atoms with E-state index in [1.54, 1.807) is 0 Å². The fraction of sp³-hybridized carbons (Fsp3) is 0.533. The Bertz CT molecular complexity index is 548. The summed E-state index contributed by atoms with van der Waals surface area (Å²) in [6.07, 6.45) is -2.21. The predicted octanol–water partition coefficient (Wildman–Crippen LogP) is 3.26. The molecular formula is C15H19F3N2O3. The van der Waals surface area contributed by atoms with E-state index in [0.717, 1.165) is 31.4 Å². The van der Waals surface area contributed by atoms with E-state index in [1.807, 2.05) is 6.92 Å². The third-order valence-corrected chi connectivity index (χ3v) is 4.09. The van der Waals surface area contributed by atoms with Crippen LogP contribution in [0.2, 0.25) is 0 Å². The van der Waals surface area contributed by atoms with Crippen molar-refractivity contribution < 1.29 is 27.8 Å². The molecule has 0 aliphatic heterocycles. The smallest absolute Gasteiger partial charge is 0.406 e. The SMILES string of the molecule is CC1(CO)CCCC1NC(=O)Nc1ccc(OC(F)(F)F)cc1. The fourth-order valence-corrected chi connectivity index (χ4v) is 2.73. The van der Waals surface area contributed by atoms with Crippen molar-refractivity contribution in [3.8, 4) is 5.75 Å². The third kappa shape index (κ3) is 4.75. The zero-order chi connectivity index (χ0) is 17.1. The van der Waals surface area contributed by atoms with Crippen LogP contribution in [-0.4, -0.2) is 30.1 Å². The average molecular weight is 332 g/mol. The minimum absolute atomic E-state index is 0.0125.